The molecule has 15 heavy (non-hydrogen) atoms. The molecule has 0 atom stereocenters. The van der Waals surface area contributed by atoms with Crippen LogP contribution in [0.25, 0.3) is 0 Å². The Balaban J connectivity index is 2.45. The van der Waals surface area contributed by atoms with Crippen molar-refractivity contribution in [3.8, 4) is 0 Å². The molecule has 1 aromatic rings. The summed E-state index contributed by atoms with van der Waals surface area (Å²) in [5.41, 5.74) is 1.48. The van der Waals surface area contributed by atoms with Crippen molar-refractivity contribution in [3.63, 3.8) is 0 Å². The molecule has 1 heterocycles. The largest absolute Gasteiger partial charge is 0.274 e. The Kier molecular flexibility index (Phi) is 2.49. The van der Waals surface area contributed by atoms with E-state index in [4.69, 9.17) is 11.6 Å². The SMILES string of the molecule is Cc1cc(Cl)ccc1N1C(=O)CCC1=O. The third-order valence-electron chi connectivity index (χ3n) is 2.45. The molecule has 0 spiro atoms. The minimum atomic E-state index is -0.134. The topological polar surface area (TPSA) is 37.4 Å². The number of anilines is 1. The summed E-state index contributed by atoms with van der Waals surface area (Å²) in [7, 11) is 0. The van der Waals surface area contributed by atoms with Crippen LogP contribution in [0, 0.1) is 6.92 Å². The van der Waals surface area contributed by atoms with Crippen LogP contribution < -0.4 is 4.90 Å². The van der Waals surface area contributed by atoms with Crippen molar-refractivity contribution in [2.75, 3.05) is 4.90 Å². The number of hydrogen-bond acceptors (Lipinski definition) is 2. The number of aryl methyl sites for hydroxylation is 1. The zero-order chi connectivity index (χ0) is 11.0. The number of halogens is 1. The number of carbonyl (C=O) groups excluding carboxylic acids is 2. The highest BCUT2D eigenvalue weighted by Gasteiger charge is 2.30. The van der Waals surface area contributed by atoms with Crippen LogP contribution in [0.4, 0.5) is 5.69 Å². The highest BCUT2D eigenvalue weighted by molar-refractivity contribution is 6.31. The molecule has 2 rings (SSSR count). The van der Waals surface area contributed by atoms with Crippen molar-refractivity contribution < 1.29 is 9.59 Å². The van der Waals surface area contributed by atoms with Gasteiger partial charge in [-0.2, -0.15) is 0 Å². The lowest BCUT2D eigenvalue weighted by Gasteiger charge is -2.16. The lowest BCUT2D eigenvalue weighted by atomic mass is 10.2. The van der Waals surface area contributed by atoms with Crippen molar-refractivity contribution in [3.05, 3.63) is 28.8 Å². The first kappa shape index (κ1) is 10.2. The minimum absolute atomic E-state index is 0.134. The Hall–Kier alpha value is -1.35. The summed E-state index contributed by atoms with van der Waals surface area (Å²) in [4.78, 5) is 24.2. The number of imide groups is 1. The number of benzene rings is 1. The van der Waals surface area contributed by atoms with Gasteiger partial charge in [-0.05, 0) is 30.7 Å². The number of amides is 2. The summed E-state index contributed by atoms with van der Waals surface area (Å²) in [5, 5.41) is 0.607. The van der Waals surface area contributed by atoms with Crippen LogP contribution in [-0.4, -0.2) is 11.8 Å². The Bertz CT molecular complexity index is 426. The first-order chi connectivity index (χ1) is 7.09. The van der Waals surface area contributed by atoms with Crippen molar-refractivity contribution >= 4 is 29.1 Å². The highest BCUT2D eigenvalue weighted by Crippen LogP contribution is 2.27. The molecule has 0 aromatic heterocycles. The first-order valence-electron chi connectivity index (χ1n) is 4.71. The van der Waals surface area contributed by atoms with Crippen molar-refractivity contribution in [1.82, 2.24) is 0 Å². The van der Waals surface area contributed by atoms with Gasteiger partial charge in [-0.25, -0.2) is 0 Å². The molecule has 1 aliphatic heterocycles. The number of rotatable bonds is 1. The molecule has 0 aliphatic carbocycles. The van der Waals surface area contributed by atoms with E-state index in [1.165, 1.54) is 4.90 Å². The van der Waals surface area contributed by atoms with E-state index in [-0.39, 0.29) is 11.8 Å². The lowest BCUT2D eigenvalue weighted by molar-refractivity contribution is -0.121. The van der Waals surface area contributed by atoms with Gasteiger partial charge >= 0.3 is 0 Å². The van der Waals surface area contributed by atoms with E-state index in [1.807, 2.05) is 6.92 Å². The second kappa shape index (κ2) is 3.66. The monoisotopic (exact) mass is 223 g/mol. The maximum atomic E-state index is 11.5. The first-order valence-corrected chi connectivity index (χ1v) is 5.09. The molecule has 0 saturated carbocycles. The maximum Gasteiger partial charge on any atom is 0.234 e. The number of carbonyl (C=O) groups is 2. The Morgan fingerprint density at radius 3 is 2.33 bits per heavy atom. The molecule has 2 amide bonds. The average molecular weight is 224 g/mol. The third-order valence-corrected chi connectivity index (χ3v) is 2.69. The van der Waals surface area contributed by atoms with Gasteiger partial charge in [0.25, 0.3) is 0 Å². The van der Waals surface area contributed by atoms with Crippen LogP contribution >= 0.6 is 11.6 Å². The summed E-state index contributed by atoms with van der Waals surface area (Å²) in [6, 6.07) is 5.14. The summed E-state index contributed by atoms with van der Waals surface area (Å²) in [5.74, 6) is -0.268. The normalized spacial score (nSPS) is 16.3. The Morgan fingerprint density at radius 1 is 1.20 bits per heavy atom. The van der Waals surface area contributed by atoms with Crippen molar-refractivity contribution in [2.24, 2.45) is 0 Å². The van der Waals surface area contributed by atoms with Gasteiger partial charge in [-0.15, -0.1) is 0 Å². The average Bonchev–Trinajstić information content (AvgIpc) is 2.48. The van der Waals surface area contributed by atoms with Crippen LogP contribution in [0.3, 0.4) is 0 Å². The van der Waals surface area contributed by atoms with Gasteiger partial charge in [0.05, 0.1) is 5.69 Å². The van der Waals surface area contributed by atoms with Gasteiger partial charge in [0.1, 0.15) is 0 Å². The minimum Gasteiger partial charge on any atom is -0.274 e. The molecule has 0 bridgehead atoms. The van der Waals surface area contributed by atoms with Gasteiger partial charge in [0, 0.05) is 17.9 Å². The van der Waals surface area contributed by atoms with Crippen LogP contribution in [0.2, 0.25) is 5.02 Å². The van der Waals surface area contributed by atoms with Crippen LogP contribution in [0.15, 0.2) is 18.2 Å². The predicted molar refractivity (Wildman–Crippen MR) is 57.9 cm³/mol. The fraction of sp³-hybridized carbons (Fsp3) is 0.273. The van der Waals surface area contributed by atoms with Crippen LogP contribution in [0.5, 0.6) is 0 Å². The zero-order valence-corrected chi connectivity index (χ0v) is 9.04. The molecule has 0 unspecified atom stereocenters. The molecule has 0 N–H and O–H groups in total. The fourth-order valence-electron chi connectivity index (χ4n) is 1.72. The molecule has 3 nitrogen and oxygen atoms in total. The van der Waals surface area contributed by atoms with Gasteiger partial charge in [0.2, 0.25) is 11.8 Å². The molecule has 4 heteroatoms. The van der Waals surface area contributed by atoms with Gasteiger partial charge < -0.3 is 0 Å². The lowest BCUT2D eigenvalue weighted by Crippen LogP contribution is -2.29. The second-order valence-corrected chi connectivity index (χ2v) is 3.99. The van der Waals surface area contributed by atoms with Crippen molar-refractivity contribution in [1.29, 1.82) is 0 Å². The second-order valence-electron chi connectivity index (χ2n) is 3.55. The Morgan fingerprint density at radius 2 is 1.80 bits per heavy atom. The van der Waals surface area contributed by atoms with E-state index in [9.17, 15) is 9.59 Å². The number of nitrogens with zero attached hydrogens (tertiary/aromatic N) is 1. The van der Waals surface area contributed by atoms with E-state index < -0.39 is 0 Å². The summed E-state index contributed by atoms with van der Waals surface area (Å²) in [6.45, 7) is 1.83. The van der Waals surface area contributed by atoms with E-state index >= 15 is 0 Å². The molecule has 1 aromatic carbocycles. The molecule has 1 fully saturated rings. The van der Waals surface area contributed by atoms with Gasteiger partial charge in [0.15, 0.2) is 0 Å². The summed E-state index contributed by atoms with van der Waals surface area (Å²) in [6.07, 6.45) is 0.613. The number of hydrogen-bond donors (Lipinski definition) is 0. The maximum absolute atomic E-state index is 11.5. The summed E-state index contributed by atoms with van der Waals surface area (Å²) < 4.78 is 0. The van der Waals surface area contributed by atoms with E-state index in [0.717, 1.165) is 5.56 Å². The molecule has 1 aliphatic rings. The quantitative estimate of drug-likeness (QED) is 0.685. The molecular formula is C11H10ClNO2. The van der Waals surface area contributed by atoms with E-state index in [0.29, 0.717) is 23.6 Å². The summed E-state index contributed by atoms with van der Waals surface area (Å²) >= 11 is 5.81. The molecule has 1 saturated heterocycles. The predicted octanol–water partition coefficient (Wildman–Crippen LogP) is 2.30. The van der Waals surface area contributed by atoms with Crippen molar-refractivity contribution in [2.45, 2.75) is 19.8 Å². The standard InChI is InChI=1S/C11H10ClNO2/c1-7-6-8(12)2-3-9(7)13-10(14)4-5-11(13)15/h2-3,6H,4-5H2,1H3. The van der Waals surface area contributed by atoms with Gasteiger partial charge in [-0.3, -0.25) is 14.5 Å². The van der Waals surface area contributed by atoms with Gasteiger partial charge in [-0.1, -0.05) is 11.6 Å². The zero-order valence-electron chi connectivity index (χ0n) is 8.29. The Labute approximate surface area is 92.6 Å². The van der Waals surface area contributed by atoms with Crippen LogP contribution in [-0.2, 0) is 9.59 Å². The third kappa shape index (κ3) is 1.75. The fourth-order valence-corrected chi connectivity index (χ4v) is 1.94. The molecule has 78 valence electrons. The van der Waals surface area contributed by atoms with E-state index in [2.05, 4.69) is 0 Å². The smallest absolute Gasteiger partial charge is 0.234 e. The highest BCUT2D eigenvalue weighted by atomic mass is 35.5. The molecule has 0 radical (unpaired) electrons. The van der Waals surface area contributed by atoms with E-state index in [1.54, 1.807) is 18.2 Å². The molecular weight excluding hydrogens is 214 g/mol. The van der Waals surface area contributed by atoms with Crippen LogP contribution in [0.1, 0.15) is 18.4 Å².